The van der Waals surface area contributed by atoms with Crippen LogP contribution >= 0.6 is 0 Å². The second-order valence-electron chi connectivity index (χ2n) is 4.97. The first-order valence-electron chi connectivity index (χ1n) is 4.78. The lowest BCUT2D eigenvalue weighted by atomic mass is 9.71. The largest absolute Gasteiger partial charge is 0.369 e. The van der Waals surface area contributed by atoms with Crippen LogP contribution in [0.5, 0.6) is 0 Å². The summed E-state index contributed by atoms with van der Waals surface area (Å²) in [6.45, 7) is 11.9. The van der Waals surface area contributed by atoms with Gasteiger partial charge in [-0.1, -0.05) is 26.0 Å². The fraction of sp³-hybridized carbons (Fsp3) is 0.818. The van der Waals surface area contributed by atoms with Crippen molar-refractivity contribution in [1.29, 1.82) is 0 Å². The molecule has 2 aliphatic rings. The molecule has 0 N–H and O–H groups in total. The summed E-state index contributed by atoms with van der Waals surface area (Å²) in [5.41, 5.74) is 1.91. The molecule has 1 aliphatic carbocycles. The highest BCUT2D eigenvalue weighted by Gasteiger charge is 2.59. The third kappa shape index (κ3) is 0.891. The third-order valence-corrected chi connectivity index (χ3v) is 4.09. The summed E-state index contributed by atoms with van der Waals surface area (Å²) in [6.07, 6.45) is 2.35. The lowest BCUT2D eigenvalue weighted by Gasteiger charge is -2.33. The summed E-state index contributed by atoms with van der Waals surface area (Å²) in [5, 5.41) is 0. The van der Waals surface area contributed by atoms with Crippen LogP contribution in [0.2, 0.25) is 0 Å². The molecule has 1 saturated heterocycles. The zero-order valence-electron chi connectivity index (χ0n) is 8.31. The van der Waals surface area contributed by atoms with Gasteiger partial charge in [-0.2, -0.15) is 0 Å². The van der Waals surface area contributed by atoms with Crippen molar-refractivity contribution in [3.8, 4) is 0 Å². The Hall–Kier alpha value is -0.300. The highest BCUT2D eigenvalue weighted by atomic mass is 16.6. The molecule has 1 aliphatic heterocycles. The van der Waals surface area contributed by atoms with Gasteiger partial charge in [0.25, 0.3) is 0 Å². The van der Waals surface area contributed by atoms with E-state index in [1.165, 1.54) is 12.0 Å². The van der Waals surface area contributed by atoms with E-state index in [-0.39, 0.29) is 5.60 Å². The molecule has 1 nitrogen and oxygen atoms in total. The van der Waals surface area contributed by atoms with Crippen LogP contribution in [-0.4, -0.2) is 12.2 Å². The van der Waals surface area contributed by atoms with Crippen LogP contribution in [0, 0.1) is 11.3 Å². The Bertz CT molecular complexity index is 227. The van der Waals surface area contributed by atoms with E-state index in [0.717, 1.165) is 18.9 Å². The van der Waals surface area contributed by atoms with Gasteiger partial charge < -0.3 is 4.74 Å². The molecule has 0 aromatic carbocycles. The standard InChI is InChI=1S/C11H18O/c1-8-5-9(2)10(3,6-8)11(4)7-12-11/h9H,1,5-7H2,2-4H3/t9?,10-,11?/m1/s1. The van der Waals surface area contributed by atoms with Crippen LogP contribution in [0.1, 0.15) is 33.6 Å². The molecular weight excluding hydrogens is 148 g/mol. The molecule has 2 unspecified atom stereocenters. The van der Waals surface area contributed by atoms with Crippen molar-refractivity contribution in [2.45, 2.75) is 39.2 Å². The number of epoxide rings is 1. The van der Waals surface area contributed by atoms with Gasteiger partial charge in [-0.25, -0.2) is 0 Å². The molecule has 1 heteroatoms. The lowest BCUT2D eigenvalue weighted by Crippen LogP contribution is -2.35. The molecule has 0 aromatic rings. The predicted octanol–water partition coefficient (Wildman–Crippen LogP) is 2.77. The van der Waals surface area contributed by atoms with E-state index in [1.54, 1.807) is 0 Å². The van der Waals surface area contributed by atoms with E-state index < -0.39 is 0 Å². The van der Waals surface area contributed by atoms with Gasteiger partial charge in [0.05, 0.1) is 12.2 Å². The average molecular weight is 166 g/mol. The van der Waals surface area contributed by atoms with Crippen LogP contribution in [0.25, 0.3) is 0 Å². The third-order valence-electron chi connectivity index (χ3n) is 4.09. The van der Waals surface area contributed by atoms with E-state index >= 15 is 0 Å². The Balaban J connectivity index is 2.25. The smallest absolute Gasteiger partial charge is 0.0947 e. The lowest BCUT2D eigenvalue weighted by molar-refractivity contribution is 0.0990. The minimum absolute atomic E-state index is 0.159. The maximum absolute atomic E-state index is 5.56. The number of rotatable bonds is 1. The molecule has 0 spiro atoms. The first-order valence-corrected chi connectivity index (χ1v) is 4.78. The van der Waals surface area contributed by atoms with Gasteiger partial charge in [0.15, 0.2) is 0 Å². The average Bonchev–Trinajstić information content (AvgIpc) is 2.62. The Kier molecular flexibility index (Phi) is 1.48. The molecule has 0 amide bonds. The number of hydrogen-bond donors (Lipinski definition) is 0. The molecule has 68 valence electrons. The van der Waals surface area contributed by atoms with Crippen molar-refractivity contribution in [1.82, 2.24) is 0 Å². The summed E-state index contributed by atoms with van der Waals surface area (Å²) in [6, 6.07) is 0. The van der Waals surface area contributed by atoms with Gasteiger partial charge in [-0.3, -0.25) is 0 Å². The Morgan fingerprint density at radius 1 is 1.50 bits per heavy atom. The summed E-state index contributed by atoms with van der Waals surface area (Å²) in [7, 11) is 0. The van der Waals surface area contributed by atoms with Crippen LogP contribution in [0.4, 0.5) is 0 Å². The highest BCUT2D eigenvalue weighted by molar-refractivity contribution is 5.18. The Morgan fingerprint density at radius 2 is 2.08 bits per heavy atom. The zero-order valence-corrected chi connectivity index (χ0v) is 8.31. The van der Waals surface area contributed by atoms with Gasteiger partial charge in [0.1, 0.15) is 0 Å². The van der Waals surface area contributed by atoms with E-state index in [2.05, 4.69) is 27.4 Å². The maximum atomic E-state index is 5.56. The number of allylic oxidation sites excluding steroid dienone is 1. The van der Waals surface area contributed by atoms with Gasteiger partial charge >= 0.3 is 0 Å². The molecule has 2 fully saturated rings. The quantitative estimate of drug-likeness (QED) is 0.431. The van der Waals surface area contributed by atoms with Crippen LogP contribution in [0.15, 0.2) is 12.2 Å². The molecule has 12 heavy (non-hydrogen) atoms. The second kappa shape index (κ2) is 2.14. The normalized spacial score (nSPS) is 52.9. The monoisotopic (exact) mass is 166 g/mol. The van der Waals surface area contributed by atoms with Crippen molar-refractivity contribution < 1.29 is 4.74 Å². The van der Waals surface area contributed by atoms with E-state index in [4.69, 9.17) is 4.74 Å². The Morgan fingerprint density at radius 3 is 2.42 bits per heavy atom. The van der Waals surface area contributed by atoms with Crippen molar-refractivity contribution in [3.05, 3.63) is 12.2 Å². The topological polar surface area (TPSA) is 12.5 Å². The first kappa shape index (κ1) is 8.31. The second-order valence-corrected chi connectivity index (χ2v) is 4.97. The van der Waals surface area contributed by atoms with Crippen molar-refractivity contribution in [3.63, 3.8) is 0 Å². The molecule has 0 aromatic heterocycles. The molecular formula is C11H18O. The number of hydrogen-bond acceptors (Lipinski definition) is 1. The first-order chi connectivity index (χ1) is 5.48. The number of ether oxygens (including phenoxy) is 1. The van der Waals surface area contributed by atoms with Gasteiger partial charge in [-0.05, 0) is 25.7 Å². The minimum atomic E-state index is 0.159. The van der Waals surface area contributed by atoms with Crippen LogP contribution in [0.3, 0.4) is 0 Å². The zero-order chi connectivity index (χ0) is 8.98. The Labute approximate surface area is 74.8 Å². The molecule has 1 saturated carbocycles. The van der Waals surface area contributed by atoms with Crippen molar-refractivity contribution >= 4 is 0 Å². The summed E-state index contributed by atoms with van der Waals surface area (Å²) in [4.78, 5) is 0. The summed E-state index contributed by atoms with van der Waals surface area (Å²) in [5.74, 6) is 0.734. The van der Waals surface area contributed by atoms with Gasteiger partial charge in [0, 0.05) is 5.41 Å². The SMILES string of the molecule is C=C1CC(C)[C@](C)(C2(C)CO2)C1. The highest BCUT2D eigenvalue weighted by Crippen LogP contribution is 2.58. The van der Waals surface area contributed by atoms with E-state index in [0.29, 0.717) is 5.41 Å². The van der Waals surface area contributed by atoms with Crippen molar-refractivity contribution in [2.24, 2.45) is 11.3 Å². The maximum Gasteiger partial charge on any atom is 0.0947 e. The fourth-order valence-electron chi connectivity index (χ4n) is 2.57. The predicted molar refractivity (Wildman–Crippen MR) is 50.0 cm³/mol. The summed E-state index contributed by atoms with van der Waals surface area (Å²) >= 11 is 0. The summed E-state index contributed by atoms with van der Waals surface area (Å²) < 4.78 is 5.56. The van der Waals surface area contributed by atoms with Gasteiger partial charge in [-0.15, -0.1) is 0 Å². The van der Waals surface area contributed by atoms with E-state index in [9.17, 15) is 0 Å². The molecule has 0 bridgehead atoms. The molecule has 1 heterocycles. The van der Waals surface area contributed by atoms with Gasteiger partial charge in [0.2, 0.25) is 0 Å². The fourth-order valence-corrected chi connectivity index (χ4v) is 2.57. The van der Waals surface area contributed by atoms with E-state index in [1.807, 2.05) is 0 Å². The van der Waals surface area contributed by atoms with Crippen molar-refractivity contribution in [2.75, 3.05) is 6.61 Å². The molecule has 0 radical (unpaired) electrons. The molecule has 3 atom stereocenters. The minimum Gasteiger partial charge on any atom is -0.369 e. The van der Waals surface area contributed by atoms with Crippen LogP contribution in [-0.2, 0) is 4.74 Å². The molecule has 2 rings (SSSR count). The van der Waals surface area contributed by atoms with Crippen LogP contribution < -0.4 is 0 Å².